The van der Waals surface area contributed by atoms with Crippen LogP contribution in [0, 0.1) is 6.92 Å². The number of aromatic nitrogens is 1. The zero-order chi connectivity index (χ0) is 19.3. The predicted molar refractivity (Wildman–Crippen MR) is 109 cm³/mol. The molecule has 1 amide bonds. The Morgan fingerprint density at radius 2 is 1.64 bits per heavy atom. The Kier molecular flexibility index (Phi) is 5.39. The fraction of sp³-hybridized carbons (Fsp3) is 0.273. The van der Waals surface area contributed by atoms with Gasteiger partial charge in [0.25, 0.3) is 0 Å². The van der Waals surface area contributed by atoms with E-state index in [0.29, 0.717) is 11.6 Å². The Labute approximate surface area is 164 Å². The van der Waals surface area contributed by atoms with Crippen LogP contribution in [-0.4, -0.2) is 42.1 Å². The summed E-state index contributed by atoms with van der Waals surface area (Å²) < 4.78 is 5.07. The van der Waals surface area contributed by atoms with E-state index >= 15 is 0 Å². The minimum Gasteiger partial charge on any atom is -0.369 e. The summed E-state index contributed by atoms with van der Waals surface area (Å²) in [4.78, 5) is 17.7. The summed E-state index contributed by atoms with van der Waals surface area (Å²) in [5, 5.41) is 6.80. The first-order valence-electron chi connectivity index (χ1n) is 9.54. The van der Waals surface area contributed by atoms with E-state index in [4.69, 9.17) is 4.52 Å². The van der Waals surface area contributed by atoms with Crippen LogP contribution in [0.5, 0.6) is 0 Å². The molecule has 6 nitrogen and oxygen atoms in total. The van der Waals surface area contributed by atoms with Crippen molar-refractivity contribution in [2.24, 2.45) is 0 Å². The van der Waals surface area contributed by atoms with Gasteiger partial charge in [-0.05, 0) is 24.6 Å². The van der Waals surface area contributed by atoms with E-state index in [0.717, 1.165) is 31.7 Å². The third-order valence-corrected chi connectivity index (χ3v) is 5.04. The lowest BCUT2D eigenvalue weighted by molar-refractivity contribution is -0.121. The summed E-state index contributed by atoms with van der Waals surface area (Å²) in [5.41, 5.74) is 2.20. The van der Waals surface area contributed by atoms with E-state index in [9.17, 15) is 4.79 Å². The van der Waals surface area contributed by atoms with Gasteiger partial charge in [0.15, 0.2) is 5.82 Å². The number of amides is 1. The van der Waals surface area contributed by atoms with E-state index in [1.165, 1.54) is 5.69 Å². The number of anilines is 2. The molecule has 0 saturated carbocycles. The number of para-hydroxylation sites is 1. The molecule has 1 atom stereocenters. The highest BCUT2D eigenvalue weighted by Crippen LogP contribution is 2.26. The first-order valence-corrected chi connectivity index (χ1v) is 9.54. The zero-order valence-corrected chi connectivity index (χ0v) is 15.9. The van der Waals surface area contributed by atoms with Crippen LogP contribution < -0.4 is 10.2 Å². The molecule has 28 heavy (non-hydrogen) atoms. The first kappa shape index (κ1) is 18.3. The number of carbonyl (C=O) groups is 1. The summed E-state index contributed by atoms with van der Waals surface area (Å²) in [6.45, 7) is 5.17. The van der Waals surface area contributed by atoms with E-state index in [2.05, 4.69) is 44.5 Å². The largest absolute Gasteiger partial charge is 0.369 e. The Morgan fingerprint density at radius 1 is 1.00 bits per heavy atom. The van der Waals surface area contributed by atoms with Crippen LogP contribution in [0.15, 0.2) is 71.3 Å². The highest BCUT2D eigenvalue weighted by atomic mass is 16.5. The van der Waals surface area contributed by atoms with E-state index < -0.39 is 0 Å². The van der Waals surface area contributed by atoms with Gasteiger partial charge in [-0.15, -0.1) is 0 Å². The topological polar surface area (TPSA) is 61.6 Å². The lowest BCUT2D eigenvalue weighted by Crippen LogP contribution is -2.50. The molecule has 2 heterocycles. The van der Waals surface area contributed by atoms with Gasteiger partial charge < -0.3 is 14.7 Å². The molecule has 2 aromatic carbocycles. The Balaban J connectivity index is 1.50. The zero-order valence-electron chi connectivity index (χ0n) is 15.9. The second-order valence-corrected chi connectivity index (χ2v) is 6.98. The number of aryl methyl sites for hydroxylation is 1. The van der Waals surface area contributed by atoms with Crippen LogP contribution in [-0.2, 0) is 4.79 Å². The summed E-state index contributed by atoms with van der Waals surface area (Å²) in [5.74, 6) is 1.03. The molecule has 1 aliphatic heterocycles. The van der Waals surface area contributed by atoms with Crippen LogP contribution in [0.2, 0.25) is 0 Å². The van der Waals surface area contributed by atoms with Crippen molar-refractivity contribution < 1.29 is 9.32 Å². The van der Waals surface area contributed by atoms with Gasteiger partial charge in [-0.25, -0.2) is 0 Å². The van der Waals surface area contributed by atoms with Crippen molar-refractivity contribution in [1.82, 2.24) is 10.1 Å². The van der Waals surface area contributed by atoms with Crippen molar-refractivity contribution in [3.63, 3.8) is 0 Å². The maximum absolute atomic E-state index is 13.1. The van der Waals surface area contributed by atoms with Crippen molar-refractivity contribution in [1.29, 1.82) is 0 Å². The third-order valence-electron chi connectivity index (χ3n) is 5.04. The lowest BCUT2D eigenvalue weighted by atomic mass is 10.0. The van der Waals surface area contributed by atoms with Gasteiger partial charge in [-0.3, -0.25) is 9.69 Å². The van der Waals surface area contributed by atoms with Gasteiger partial charge in [0.1, 0.15) is 11.8 Å². The van der Waals surface area contributed by atoms with Crippen molar-refractivity contribution in [2.75, 3.05) is 36.4 Å². The molecule has 0 bridgehead atoms. The molecule has 1 aliphatic rings. The SMILES string of the molecule is Cc1cc(NC(=O)C(c2ccccc2)N2CCN(c3ccccc3)CC2)no1. The average molecular weight is 376 g/mol. The Morgan fingerprint density at radius 3 is 2.25 bits per heavy atom. The van der Waals surface area contributed by atoms with Gasteiger partial charge in [0.05, 0.1) is 0 Å². The molecule has 1 unspecified atom stereocenters. The van der Waals surface area contributed by atoms with Crippen molar-refractivity contribution >= 4 is 17.4 Å². The summed E-state index contributed by atoms with van der Waals surface area (Å²) in [6.07, 6.45) is 0. The number of nitrogens with one attached hydrogen (secondary N) is 1. The molecule has 0 spiro atoms. The normalized spacial score (nSPS) is 16.0. The standard InChI is InChI=1S/C22H24N4O2/c1-17-16-20(24-28-17)23-22(27)21(18-8-4-2-5-9-18)26-14-12-25(13-15-26)19-10-6-3-7-11-19/h2-11,16,21H,12-15H2,1H3,(H,23,24,27). The summed E-state index contributed by atoms with van der Waals surface area (Å²) in [7, 11) is 0. The minimum atomic E-state index is -0.365. The third kappa shape index (κ3) is 4.07. The molecule has 1 aromatic heterocycles. The molecule has 3 aromatic rings. The van der Waals surface area contributed by atoms with E-state index in [1.54, 1.807) is 13.0 Å². The summed E-state index contributed by atoms with van der Waals surface area (Å²) >= 11 is 0. The number of piperazine rings is 1. The number of nitrogens with zero attached hydrogens (tertiary/aromatic N) is 3. The predicted octanol–water partition coefficient (Wildman–Crippen LogP) is 3.49. The maximum atomic E-state index is 13.1. The van der Waals surface area contributed by atoms with Crippen molar-refractivity contribution in [3.05, 3.63) is 78.1 Å². The lowest BCUT2D eigenvalue weighted by Gasteiger charge is -2.39. The quantitative estimate of drug-likeness (QED) is 0.739. The highest BCUT2D eigenvalue weighted by Gasteiger charge is 2.31. The fourth-order valence-electron chi connectivity index (χ4n) is 3.66. The van der Waals surface area contributed by atoms with Crippen LogP contribution in [0.3, 0.4) is 0 Å². The molecule has 144 valence electrons. The molecule has 0 radical (unpaired) electrons. The number of hydrogen-bond donors (Lipinski definition) is 1. The van der Waals surface area contributed by atoms with Crippen molar-refractivity contribution in [3.8, 4) is 0 Å². The number of hydrogen-bond acceptors (Lipinski definition) is 5. The van der Waals surface area contributed by atoms with E-state index in [-0.39, 0.29) is 11.9 Å². The minimum absolute atomic E-state index is 0.0901. The van der Waals surface area contributed by atoms with Gasteiger partial charge in [0.2, 0.25) is 5.91 Å². The van der Waals surface area contributed by atoms with Crippen molar-refractivity contribution in [2.45, 2.75) is 13.0 Å². The summed E-state index contributed by atoms with van der Waals surface area (Å²) in [6, 6.07) is 21.7. The van der Waals surface area contributed by atoms with Gasteiger partial charge in [0, 0.05) is 37.9 Å². The van der Waals surface area contributed by atoms with Gasteiger partial charge >= 0.3 is 0 Å². The highest BCUT2D eigenvalue weighted by molar-refractivity contribution is 5.94. The van der Waals surface area contributed by atoms with Gasteiger partial charge in [-0.2, -0.15) is 0 Å². The van der Waals surface area contributed by atoms with Crippen LogP contribution >= 0.6 is 0 Å². The Hall–Kier alpha value is -3.12. The Bertz CT molecular complexity index is 903. The molecule has 6 heteroatoms. The van der Waals surface area contributed by atoms with Crippen LogP contribution in [0.1, 0.15) is 17.4 Å². The van der Waals surface area contributed by atoms with E-state index in [1.807, 2.05) is 36.4 Å². The van der Waals surface area contributed by atoms with Crippen LogP contribution in [0.25, 0.3) is 0 Å². The monoisotopic (exact) mass is 376 g/mol. The molecule has 1 fully saturated rings. The average Bonchev–Trinajstić information content (AvgIpc) is 3.15. The van der Waals surface area contributed by atoms with Crippen LogP contribution in [0.4, 0.5) is 11.5 Å². The second-order valence-electron chi connectivity index (χ2n) is 6.98. The molecule has 1 saturated heterocycles. The second kappa shape index (κ2) is 8.27. The smallest absolute Gasteiger partial charge is 0.247 e. The van der Waals surface area contributed by atoms with Gasteiger partial charge in [-0.1, -0.05) is 53.7 Å². The molecule has 0 aliphatic carbocycles. The first-order chi connectivity index (χ1) is 13.7. The molecular formula is C22H24N4O2. The molecule has 4 rings (SSSR count). The number of carbonyl (C=O) groups excluding carboxylic acids is 1. The molecular weight excluding hydrogens is 352 g/mol. The number of rotatable bonds is 5. The fourth-order valence-corrected chi connectivity index (χ4v) is 3.66. The number of benzene rings is 2. The molecule has 1 N–H and O–H groups in total. The maximum Gasteiger partial charge on any atom is 0.247 e.